The SMILES string of the molecule is CC1(O)CCC(Nc2cc(Cl)ncc2-c2cc(NC3CC(F)(F)C3)ccn2)CC1. The number of rotatable bonds is 5. The van der Waals surface area contributed by atoms with Crippen LogP contribution in [-0.4, -0.2) is 38.7 Å². The van der Waals surface area contributed by atoms with Crippen LogP contribution in [0.15, 0.2) is 30.6 Å². The summed E-state index contributed by atoms with van der Waals surface area (Å²) in [6.07, 6.45) is 6.23. The van der Waals surface area contributed by atoms with Gasteiger partial charge in [0.1, 0.15) is 5.15 Å². The Morgan fingerprint density at radius 3 is 2.52 bits per heavy atom. The zero-order chi connectivity index (χ0) is 20.6. The van der Waals surface area contributed by atoms with Crippen molar-refractivity contribution in [2.24, 2.45) is 0 Å². The van der Waals surface area contributed by atoms with Crippen LogP contribution in [0.2, 0.25) is 5.15 Å². The second kappa shape index (κ2) is 7.69. The summed E-state index contributed by atoms with van der Waals surface area (Å²) in [7, 11) is 0. The van der Waals surface area contributed by atoms with E-state index in [9.17, 15) is 13.9 Å². The molecule has 0 saturated heterocycles. The quantitative estimate of drug-likeness (QED) is 0.584. The Morgan fingerprint density at radius 2 is 1.83 bits per heavy atom. The zero-order valence-electron chi connectivity index (χ0n) is 16.3. The number of hydrogen-bond donors (Lipinski definition) is 3. The predicted molar refractivity (Wildman–Crippen MR) is 111 cm³/mol. The molecule has 0 aliphatic heterocycles. The molecule has 4 rings (SSSR count). The summed E-state index contributed by atoms with van der Waals surface area (Å²) in [5.74, 6) is -2.56. The van der Waals surface area contributed by atoms with Crippen molar-refractivity contribution >= 4 is 23.0 Å². The maximum absolute atomic E-state index is 13.1. The summed E-state index contributed by atoms with van der Waals surface area (Å²) >= 11 is 6.13. The van der Waals surface area contributed by atoms with E-state index >= 15 is 0 Å². The average Bonchev–Trinajstić information content (AvgIpc) is 2.62. The molecule has 0 unspecified atom stereocenters. The fourth-order valence-electron chi connectivity index (χ4n) is 4.02. The minimum absolute atomic E-state index is 0.147. The number of hydrogen-bond acceptors (Lipinski definition) is 5. The molecule has 29 heavy (non-hydrogen) atoms. The van der Waals surface area contributed by atoms with Crippen molar-refractivity contribution < 1.29 is 13.9 Å². The van der Waals surface area contributed by atoms with Gasteiger partial charge in [0, 0.05) is 54.3 Å². The molecule has 156 valence electrons. The summed E-state index contributed by atoms with van der Waals surface area (Å²) in [6.45, 7) is 1.87. The van der Waals surface area contributed by atoms with Gasteiger partial charge in [-0.25, -0.2) is 13.8 Å². The van der Waals surface area contributed by atoms with Crippen LogP contribution >= 0.6 is 11.6 Å². The van der Waals surface area contributed by atoms with E-state index < -0.39 is 11.5 Å². The lowest BCUT2D eigenvalue weighted by Crippen LogP contribution is -2.44. The summed E-state index contributed by atoms with van der Waals surface area (Å²) in [5, 5.41) is 17.2. The maximum atomic E-state index is 13.1. The van der Waals surface area contributed by atoms with E-state index in [0.717, 1.165) is 42.6 Å². The maximum Gasteiger partial charge on any atom is 0.252 e. The molecule has 0 spiro atoms. The molecular formula is C21H25ClF2N4O. The highest BCUT2D eigenvalue weighted by molar-refractivity contribution is 6.29. The second-order valence-corrected chi connectivity index (χ2v) is 8.89. The van der Waals surface area contributed by atoms with Crippen molar-refractivity contribution in [3.05, 3.63) is 35.7 Å². The van der Waals surface area contributed by atoms with E-state index in [1.165, 1.54) is 0 Å². The van der Waals surface area contributed by atoms with Crippen LogP contribution in [0.4, 0.5) is 20.2 Å². The Labute approximate surface area is 173 Å². The van der Waals surface area contributed by atoms with Gasteiger partial charge in [-0.3, -0.25) is 4.98 Å². The van der Waals surface area contributed by atoms with Gasteiger partial charge >= 0.3 is 0 Å². The van der Waals surface area contributed by atoms with Crippen molar-refractivity contribution in [1.29, 1.82) is 0 Å². The lowest BCUT2D eigenvalue weighted by molar-refractivity contribution is -0.0793. The van der Waals surface area contributed by atoms with Crippen LogP contribution in [0.5, 0.6) is 0 Å². The van der Waals surface area contributed by atoms with Crippen LogP contribution in [0.25, 0.3) is 11.3 Å². The van der Waals surface area contributed by atoms with Gasteiger partial charge in [-0.1, -0.05) is 11.6 Å². The van der Waals surface area contributed by atoms with Gasteiger partial charge in [-0.2, -0.15) is 0 Å². The van der Waals surface area contributed by atoms with Gasteiger partial charge in [0.05, 0.1) is 11.3 Å². The summed E-state index contributed by atoms with van der Waals surface area (Å²) in [4.78, 5) is 8.64. The molecule has 2 aliphatic rings. The molecule has 5 nitrogen and oxygen atoms in total. The third-order valence-corrected chi connectivity index (χ3v) is 6.00. The molecule has 0 radical (unpaired) electrons. The first-order valence-corrected chi connectivity index (χ1v) is 10.3. The van der Waals surface area contributed by atoms with E-state index in [1.54, 1.807) is 24.5 Å². The number of alkyl halides is 2. The third-order valence-electron chi connectivity index (χ3n) is 5.79. The van der Waals surface area contributed by atoms with E-state index in [0.29, 0.717) is 10.8 Å². The molecule has 0 amide bonds. The molecule has 2 heterocycles. The highest BCUT2D eigenvalue weighted by Gasteiger charge is 2.45. The topological polar surface area (TPSA) is 70.1 Å². The normalized spacial score (nSPS) is 26.6. The van der Waals surface area contributed by atoms with Crippen molar-refractivity contribution in [2.75, 3.05) is 10.6 Å². The molecular weight excluding hydrogens is 398 g/mol. The number of nitrogens with zero attached hydrogens (tertiary/aromatic N) is 2. The summed E-state index contributed by atoms with van der Waals surface area (Å²) in [5.41, 5.74) is 2.47. The molecule has 8 heteroatoms. The Kier molecular flexibility index (Phi) is 5.38. The van der Waals surface area contributed by atoms with Gasteiger partial charge in [0.25, 0.3) is 5.92 Å². The minimum Gasteiger partial charge on any atom is -0.390 e. The number of nitrogens with one attached hydrogen (secondary N) is 2. The van der Waals surface area contributed by atoms with E-state index in [4.69, 9.17) is 11.6 Å². The van der Waals surface area contributed by atoms with Crippen LogP contribution in [0, 0.1) is 0 Å². The molecule has 2 aromatic heterocycles. The Balaban J connectivity index is 1.52. The second-order valence-electron chi connectivity index (χ2n) is 8.50. The highest BCUT2D eigenvalue weighted by Crippen LogP contribution is 2.39. The van der Waals surface area contributed by atoms with E-state index in [2.05, 4.69) is 20.6 Å². The minimum atomic E-state index is -2.56. The monoisotopic (exact) mass is 422 g/mol. The van der Waals surface area contributed by atoms with Crippen molar-refractivity contribution in [2.45, 2.75) is 69.1 Å². The molecule has 2 fully saturated rings. The van der Waals surface area contributed by atoms with Crippen LogP contribution in [0.1, 0.15) is 45.4 Å². The van der Waals surface area contributed by atoms with Crippen LogP contribution in [-0.2, 0) is 0 Å². The van der Waals surface area contributed by atoms with Gasteiger partial charge in [0.15, 0.2) is 0 Å². The zero-order valence-corrected chi connectivity index (χ0v) is 17.0. The smallest absolute Gasteiger partial charge is 0.252 e. The average molecular weight is 423 g/mol. The van der Waals surface area contributed by atoms with Crippen LogP contribution in [0.3, 0.4) is 0 Å². The molecule has 0 bridgehead atoms. The highest BCUT2D eigenvalue weighted by atomic mass is 35.5. The molecule has 0 atom stereocenters. The van der Waals surface area contributed by atoms with Crippen molar-refractivity contribution in [1.82, 2.24) is 9.97 Å². The number of pyridine rings is 2. The standard InChI is InChI=1S/C21H25ClF2N4O/c1-20(29)5-2-13(3-6-20)28-18-9-19(22)26-12-16(18)17-8-14(4-7-25-17)27-15-10-21(23,24)11-15/h4,7-9,12-13,15,29H,2-3,5-6,10-11H2,1H3,(H,25,27)(H,26,28). The Bertz CT molecular complexity index is 875. The van der Waals surface area contributed by atoms with Crippen LogP contribution < -0.4 is 10.6 Å². The van der Waals surface area contributed by atoms with Crippen molar-refractivity contribution in [3.63, 3.8) is 0 Å². The first-order chi connectivity index (χ1) is 13.7. The number of halogens is 3. The third kappa shape index (κ3) is 4.95. The van der Waals surface area contributed by atoms with Gasteiger partial charge in [-0.15, -0.1) is 0 Å². The fourth-order valence-corrected chi connectivity index (χ4v) is 4.18. The lowest BCUT2D eigenvalue weighted by Gasteiger charge is -2.36. The summed E-state index contributed by atoms with van der Waals surface area (Å²) in [6, 6.07) is 5.40. The van der Waals surface area contributed by atoms with Gasteiger partial charge < -0.3 is 15.7 Å². The first kappa shape index (κ1) is 20.3. The molecule has 3 N–H and O–H groups in total. The largest absolute Gasteiger partial charge is 0.390 e. The molecule has 2 saturated carbocycles. The number of anilines is 2. The summed E-state index contributed by atoms with van der Waals surface area (Å²) < 4.78 is 26.2. The van der Waals surface area contributed by atoms with Crippen molar-refractivity contribution in [3.8, 4) is 11.3 Å². The number of aliphatic hydroxyl groups is 1. The fraction of sp³-hybridized carbons (Fsp3) is 0.524. The van der Waals surface area contributed by atoms with Gasteiger partial charge in [-0.05, 0) is 50.8 Å². The Hall–Kier alpha value is -1.99. The Morgan fingerprint density at radius 1 is 1.10 bits per heavy atom. The molecule has 2 aromatic rings. The van der Waals surface area contributed by atoms with E-state index in [-0.39, 0.29) is 24.9 Å². The predicted octanol–water partition coefficient (Wildman–Crippen LogP) is 5.11. The molecule has 2 aliphatic carbocycles. The number of aromatic nitrogens is 2. The molecule has 0 aromatic carbocycles. The first-order valence-electron chi connectivity index (χ1n) is 9.94. The van der Waals surface area contributed by atoms with Gasteiger partial charge in [0.2, 0.25) is 0 Å². The van der Waals surface area contributed by atoms with E-state index in [1.807, 2.05) is 13.0 Å². The lowest BCUT2D eigenvalue weighted by atomic mass is 9.83.